The number of nitrogens with two attached hydrogens (primary N) is 1. The van der Waals surface area contributed by atoms with Crippen molar-refractivity contribution in [2.45, 2.75) is 19.8 Å². The number of carbonyl (C=O) groups is 2. The molecule has 2 aromatic carbocycles. The summed E-state index contributed by atoms with van der Waals surface area (Å²) >= 11 is 3.46. The number of benzene rings is 2. The van der Waals surface area contributed by atoms with Crippen LogP contribution in [-0.2, 0) is 11.2 Å². The molecule has 0 spiro atoms. The number of rotatable bonds is 7. The Labute approximate surface area is 149 Å². The largest absolute Gasteiger partial charge is 0.483 e. The maximum Gasteiger partial charge on any atom is 0.262 e. The molecule has 0 aliphatic carbocycles. The molecule has 0 aliphatic rings. The first-order valence-corrected chi connectivity index (χ1v) is 8.40. The molecule has 3 N–H and O–H groups in total. The van der Waals surface area contributed by atoms with Crippen molar-refractivity contribution >= 4 is 33.4 Å². The molecule has 0 aliphatic heterocycles. The van der Waals surface area contributed by atoms with E-state index in [9.17, 15) is 9.59 Å². The Morgan fingerprint density at radius 3 is 2.46 bits per heavy atom. The highest BCUT2D eigenvalue weighted by Gasteiger charge is 2.08. The standard InChI is InChI=1S/C18H19BrN2O3/c1-2-3-12-4-9-16(15(19)10-12)24-11-17(22)21-14-7-5-13(6-8-14)18(20)23/h4-10H,2-3,11H2,1H3,(H2,20,23)(H,21,22). The van der Waals surface area contributed by atoms with E-state index in [1.54, 1.807) is 24.3 Å². The molecule has 2 rings (SSSR count). The Kier molecular flexibility index (Phi) is 6.37. The third-order valence-electron chi connectivity index (χ3n) is 3.35. The number of anilines is 1. The van der Waals surface area contributed by atoms with Crippen molar-refractivity contribution in [3.63, 3.8) is 0 Å². The van der Waals surface area contributed by atoms with E-state index in [2.05, 4.69) is 28.2 Å². The Bertz CT molecular complexity index is 730. The maximum absolute atomic E-state index is 11.9. The number of hydrogen-bond acceptors (Lipinski definition) is 3. The Hall–Kier alpha value is -2.34. The normalized spacial score (nSPS) is 10.2. The third kappa shape index (κ3) is 5.09. The number of ether oxygens (including phenoxy) is 1. The lowest BCUT2D eigenvalue weighted by Gasteiger charge is -2.10. The molecule has 0 radical (unpaired) electrons. The van der Waals surface area contributed by atoms with Crippen LogP contribution in [-0.4, -0.2) is 18.4 Å². The van der Waals surface area contributed by atoms with E-state index in [0.29, 0.717) is 17.0 Å². The predicted octanol–water partition coefficient (Wildman–Crippen LogP) is 3.52. The van der Waals surface area contributed by atoms with Crippen LogP contribution in [0.25, 0.3) is 0 Å². The summed E-state index contributed by atoms with van der Waals surface area (Å²) < 4.78 is 6.36. The van der Waals surface area contributed by atoms with Crippen molar-refractivity contribution in [2.24, 2.45) is 5.73 Å². The number of aryl methyl sites for hydroxylation is 1. The predicted molar refractivity (Wildman–Crippen MR) is 97.2 cm³/mol. The van der Waals surface area contributed by atoms with E-state index in [1.165, 1.54) is 5.56 Å². The lowest BCUT2D eigenvalue weighted by Crippen LogP contribution is -2.20. The van der Waals surface area contributed by atoms with Crippen LogP contribution < -0.4 is 15.8 Å². The molecule has 2 amide bonds. The first-order valence-electron chi connectivity index (χ1n) is 7.60. The summed E-state index contributed by atoms with van der Waals surface area (Å²) in [6, 6.07) is 12.2. The summed E-state index contributed by atoms with van der Waals surface area (Å²) in [4.78, 5) is 22.9. The van der Waals surface area contributed by atoms with Crippen molar-refractivity contribution in [2.75, 3.05) is 11.9 Å². The Balaban J connectivity index is 1.90. The molecular weight excluding hydrogens is 372 g/mol. The molecule has 2 aromatic rings. The minimum Gasteiger partial charge on any atom is -0.483 e. The van der Waals surface area contributed by atoms with Crippen LogP contribution in [0.15, 0.2) is 46.9 Å². The van der Waals surface area contributed by atoms with Crippen LogP contribution in [0.4, 0.5) is 5.69 Å². The molecule has 126 valence electrons. The Morgan fingerprint density at radius 2 is 1.88 bits per heavy atom. The molecule has 0 fully saturated rings. The van der Waals surface area contributed by atoms with Gasteiger partial charge in [0, 0.05) is 11.3 Å². The van der Waals surface area contributed by atoms with Gasteiger partial charge in [0.25, 0.3) is 5.91 Å². The highest BCUT2D eigenvalue weighted by atomic mass is 79.9. The van der Waals surface area contributed by atoms with Gasteiger partial charge >= 0.3 is 0 Å². The van der Waals surface area contributed by atoms with E-state index >= 15 is 0 Å². The summed E-state index contributed by atoms with van der Waals surface area (Å²) in [5.74, 6) is -0.173. The zero-order valence-electron chi connectivity index (χ0n) is 13.3. The SMILES string of the molecule is CCCc1ccc(OCC(=O)Nc2ccc(C(N)=O)cc2)c(Br)c1. The fraction of sp³-hybridized carbons (Fsp3) is 0.222. The zero-order chi connectivity index (χ0) is 17.5. The second-order valence-corrected chi connectivity index (χ2v) is 6.15. The van der Waals surface area contributed by atoms with Gasteiger partial charge in [0.2, 0.25) is 5.91 Å². The second-order valence-electron chi connectivity index (χ2n) is 5.29. The van der Waals surface area contributed by atoms with Crippen molar-refractivity contribution in [1.82, 2.24) is 0 Å². The second kappa shape index (κ2) is 8.49. The molecular formula is C18H19BrN2O3. The van der Waals surface area contributed by atoms with Crippen molar-refractivity contribution in [3.05, 3.63) is 58.1 Å². The molecule has 0 heterocycles. The van der Waals surface area contributed by atoms with Gasteiger partial charge in [-0.1, -0.05) is 19.4 Å². The van der Waals surface area contributed by atoms with Crippen LogP contribution >= 0.6 is 15.9 Å². The van der Waals surface area contributed by atoms with Gasteiger partial charge in [0.05, 0.1) is 4.47 Å². The highest BCUT2D eigenvalue weighted by Crippen LogP contribution is 2.26. The van der Waals surface area contributed by atoms with Crippen LogP contribution in [0.3, 0.4) is 0 Å². The van der Waals surface area contributed by atoms with Crippen LogP contribution in [0.1, 0.15) is 29.3 Å². The molecule has 0 saturated carbocycles. The third-order valence-corrected chi connectivity index (χ3v) is 3.97. The van der Waals surface area contributed by atoms with Crippen molar-refractivity contribution in [3.8, 4) is 5.75 Å². The summed E-state index contributed by atoms with van der Waals surface area (Å²) in [5.41, 5.74) is 7.35. The first-order chi connectivity index (χ1) is 11.5. The smallest absolute Gasteiger partial charge is 0.262 e. The topological polar surface area (TPSA) is 81.4 Å². The van der Waals surface area contributed by atoms with Crippen LogP contribution in [0, 0.1) is 0 Å². The lowest BCUT2D eigenvalue weighted by atomic mass is 10.1. The molecule has 0 atom stereocenters. The van der Waals surface area contributed by atoms with E-state index in [-0.39, 0.29) is 12.5 Å². The average molecular weight is 391 g/mol. The van der Waals surface area contributed by atoms with E-state index in [0.717, 1.165) is 17.3 Å². The van der Waals surface area contributed by atoms with E-state index in [1.807, 2.05) is 18.2 Å². The van der Waals surface area contributed by atoms with Crippen molar-refractivity contribution in [1.29, 1.82) is 0 Å². The molecule has 24 heavy (non-hydrogen) atoms. The van der Waals surface area contributed by atoms with E-state index < -0.39 is 5.91 Å². The molecule has 5 nitrogen and oxygen atoms in total. The van der Waals surface area contributed by atoms with Gasteiger partial charge in [-0.15, -0.1) is 0 Å². The minimum absolute atomic E-state index is 0.108. The number of nitrogens with one attached hydrogen (secondary N) is 1. The number of primary amides is 1. The maximum atomic E-state index is 11.9. The van der Waals surface area contributed by atoms with Gasteiger partial charge in [0.1, 0.15) is 5.75 Å². The fourth-order valence-electron chi connectivity index (χ4n) is 2.16. The van der Waals surface area contributed by atoms with Gasteiger partial charge in [-0.05, 0) is 64.3 Å². The van der Waals surface area contributed by atoms with Gasteiger partial charge in [-0.3, -0.25) is 9.59 Å². The number of halogens is 1. The monoisotopic (exact) mass is 390 g/mol. The first kappa shape index (κ1) is 18.0. The number of carbonyl (C=O) groups excluding carboxylic acids is 2. The summed E-state index contributed by atoms with van der Waals surface area (Å²) in [6.07, 6.45) is 2.07. The molecule has 0 saturated heterocycles. The molecule has 6 heteroatoms. The minimum atomic E-state index is -0.507. The quantitative estimate of drug-likeness (QED) is 0.758. The summed E-state index contributed by atoms with van der Waals surface area (Å²) in [6.45, 7) is 2.02. The zero-order valence-corrected chi connectivity index (χ0v) is 14.9. The lowest BCUT2D eigenvalue weighted by molar-refractivity contribution is -0.118. The van der Waals surface area contributed by atoms with Gasteiger partial charge in [-0.2, -0.15) is 0 Å². The van der Waals surface area contributed by atoms with E-state index in [4.69, 9.17) is 10.5 Å². The van der Waals surface area contributed by atoms with Gasteiger partial charge in [-0.25, -0.2) is 0 Å². The number of amides is 2. The molecule has 0 unspecified atom stereocenters. The van der Waals surface area contributed by atoms with Crippen LogP contribution in [0.5, 0.6) is 5.75 Å². The van der Waals surface area contributed by atoms with Gasteiger partial charge in [0.15, 0.2) is 6.61 Å². The van der Waals surface area contributed by atoms with Crippen LogP contribution in [0.2, 0.25) is 0 Å². The molecule has 0 aromatic heterocycles. The molecule has 0 bridgehead atoms. The summed E-state index contributed by atoms with van der Waals surface area (Å²) in [7, 11) is 0. The average Bonchev–Trinajstić information content (AvgIpc) is 2.55. The van der Waals surface area contributed by atoms with Gasteiger partial charge < -0.3 is 15.8 Å². The Morgan fingerprint density at radius 1 is 1.17 bits per heavy atom. The highest BCUT2D eigenvalue weighted by molar-refractivity contribution is 9.10. The number of hydrogen-bond donors (Lipinski definition) is 2. The van der Waals surface area contributed by atoms with Crippen molar-refractivity contribution < 1.29 is 14.3 Å². The summed E-state index contributed by atoms with van der Waals surface area (Å²) in [5, 5.41) is 2.70. The fourth-order valence-corrected chi connectivity index (χ4v) is 2.70.